The van der Waals surface area contributed by atoms with Crippen molar-refractivity contribution >= 4 is 12.2 Å². The van der Waals surface area contributed by atoms with E-state index in [1.54, 1.807) is 13.8 Å². The molecule has 6 heteroatoms. The molecule has 2 heterocycles. The molecule has 0 saturated heterocycles. The number of nitrogens with zero attached hydrogens (tertiary/aromatic N) is 2. The molecule has 1 amide bonds. The second kappa shape index (κ2) is 5.79. The predicted octanol–water partition coefficient (Wildman–Crippen LogP) is -0.0787. The lowest BCUT2D eigenvalue weighted by Gasteiger charge is -2.00. The van der Waals surface area contributed by atoms with E-state index in [2.05, 4.69) is 20.3 Å². The summed E-state index contributed by atoms with van der Waals surface area (Å²) in [6.07, 6.45) is 1.97. The Morgan fingerprint density at radius 3 is 2.44 bits per heavy atom. The van der Waals surface area contributed by atoms with Crippen molar-refractivity contribution < 1.29 is 4.79 Å². The highest BCUT2D eigenvalue weighted by Crippen LogP contribution is 1.84. The summed E-state index contributed by atoms with van der Waals surface area (Å²) < 4.78 is 0. The molecule has 1 aromatic heterocycles. The van der Waals surface area contributed by atoms with Gasteiger partial charge in [-0.25, -0.2) is 4.98 Å². The molecule has 86 valence electrons. The lowest BCUT2D eigenvalue weighted by molar-refractivity contribution is -0.119. The Bertz CT molecular complexity index is 427. The van der Waals surface area contributed by atoms with E-state index in [1.807, 2.05) is 0 Å². The van der Waals surface area contributed by atoms with Gasteiger partial charge in [0.05, 0.1) is 6.34 Å². The Morgan fingerprint density at radius 1 is 1.31 bits per heavy atom. The van der Waals surface area contributed by atoms with Crippen LogP contribution in [0.15, 0.2) is 15.9 Å². The summed E-state index contributed by atoms with van der Waals surface area (Å²) in [6, 6.07) is 1.47. The molecule has 2 N–H and O–H groups in total. The Kier molecular flexibility index (Phi) is 4.38. The van der Waals surface area contributed by atoms with E-state index < -0.39 is 0 Å². The maximum atomic E-state index is 10.6. The van der Waals surface area contributed by atoms with Crippen molar-refractivity contribution in [3.8, 4) is 0 Å². The van der Waals surface area contributed by atoms with Crippen LogP contribution in [0.1, 0.15) is 17.9 Å². The highest BCUT2D eigenvalue weighted by Gasteiger charge is 1.99. The summed E-state index contributed by atoms with van der Waals surface area (Å²) in [7, 11) is 0. The average Bonchev–Trinajstić information content (AvgIpc) is 2.17. The monoisotopic (exact) mass is 222 g/mol. The number of amides is 1. The quantitative estimate of drug-likeness (QED) is 0.643. The van der Waals surface area contributed by atoms with E-state index >= 15 is 0 Å². The SMILES string of the molecule is Cc1cc(=O)[nH]c(C)n1.O=C1CCN=CN1. The number of hydrogen-bond acceptors (Lipinski definition) is 4. The van der Waals surface area contributed by atoms with Gasteiger partial charge in [0.15, 0.2) is 0 Å². The van der Waals surface area contributed by atoms with Gasteiger partial charge in [-0.2, -0.15) is 0 Å². The molecule has 1 aliphatic rings. The summed E-state index contributed by atoms with van der Waals surface area (Å²) in [4.78, 5) is 31.2. The average molecular weight is 222 g/mol. The van der Waals surface area contributed by atoms with Crippen LogP contribution in [0.25, 0.3) is 0 Å². The van der Waals surface area contributed by atoms with E-state index in [0.29, 0.717) is 18.8 Å². The first kappa shape index (κ1) is 12.1. The minimum atomic E-state index is -0.0833. The zero-order valence-corrected chi connectivity index (χ0v) is 9.28. The van der Waals surface area contributed by atoms with Crippen LogP contribution in [0.2, 0.25) is 0 Å². The fourth-order valence-electron chi connectivity index (χ4n) is 1.15. The van der Waals surface area contributed by atoms with Gasteiger partial charge in [0.25, 0.3) is 5.56 Å². The molecule has 0 radical (unpaired) electrons. The van der Waals surface area contributed by atoms with E-state index in [4.69, 9.17) is 0 Å². The van der Waals surface area contributed by atoms with Crippen molar-refractivity contribution in [2.24, 2.45) is 4.99 Å². The van der Waals surface area contributed by atoms with Crippen LogP contribution in [0.4, 0.5) is 0 Å². The number of rotatable bonds is 0. The number of H-pyrrole nitrogens is 1. The van der Waals surface area contributed by atoms with Gasteiger partial charge < -0.3 is 10.3 Å². The number of aliphatic imine (C=N–C) groups is 1. The zero-order valence-electron chi connectivity index (χ0n) is 9.28. The first-order valence-corrected chi connectivity index (χ1v) is 4.90. The van der Waals surface area contributed by atoms with E-state index in [9.17, 15) is 9.59 Å². The molecular formula is C10H14N4O2. The number of carbonyl (C=O) groups excluding carboxylic acids is 1. The molecule has 1 aliphatic heterocycles. The molecule has 0 unspecified atom stereocenters. The van der Waals surface area contributed by atoms with Gasteiger partial charge in [-0.15, -0.1) is 0 Å². The summed E-state index contributed by atoms with van der Waals surface area (Å²) in [5, 5.41) is 2.45. The maximum Gasteiger partial charge on any atom is 0.251 e. The minimum Gasteiger partial charge on any atom is -0.317 e. The first-order valence-electron chi connectivity index (χ1n) is 4.90. The molecule has 0 bridgehead atoms. The first-order chi connectivity index (χ1) is 7.58. The molecule has 1 aromatic rings. The lowest BCUT2D eigenvalue weighted by atomic mass is 10.4. The Hall–Kier alpha value is -1.98. The third-order valence-corrected chi connectivity index (χ3v) is 1.77. The van der Waals surface area contributed by atoms with Crippen molar-refractivity contribution in [1.29, 1.82) is 0 Å². The van der Waals surface area contributed by atoms with Gasteiger partial charge in [0, 0.05) is 24.7 Å². The third kappa shape index (κ3) is 4.50. The summed E-state index contributed by atoms with van der Waals surface area (Å²) in [5.41, 5.74) is 0.677. The Labute approximate surface area is 92.8 Å². The zero-order chi connectivity index (χ0) is 12.0. The second-order valence-electron chi connectivity index (χ2n) is 3.32. The van der Waals surface area contributed by atoms with Crippen molar-refractivity contribution in [2.75, 3.05) is 6.54 Å². The smallest absolute Gasteiger partial charge is 0.251 e. The van der Waals surface area contributed by atoms with Crippen LogP contribution >= 0.6 is 0 Å². The number of aromatic nitrogens is 2. The van der Waals surface area contributed by atoms with Crippen molar-refractivity contribution in [3.63, 3.8) is 0 Å². The van der Waals surface area contributed by atoms with Crippen LogP contribution in [-0.2, 0) is 4.79 Å². The topological polar surface area (TPSA) is 87.2 Å². The fourth-order valence-corrected chi connectivity index (χ4v) is 1.15. The van der Waals surface area contributed by atoms with Gasteiger partial charge >= 0.3 is 0 Å². The second-order valence-corrected chi connectivity index (χ2v) is 3.32. The third-order valence-electron chi connectivity index (χ3n) is 1.77. The molecule has 0 spiro atoms. The van der Waals surface area contributed by atoms with Crippen molar-refractivity contribution in [3.05, 3.63) is 27.9 Å². The standard InChI is InChI=1S/C6H8N2O.C4H6N2O/c1-4-3-6(9)8-5(2)7-4;7-4-1-2-5-3-6-4/h3H,1-2H3,(H,7,8,9);3H,1-2H2,(H,5,6,7). The van der Waals surface area contributed by atoms with E-state index in [1.165, 1.54) is 12.4 Å². The number of nitrogens with one attached hydrogen (secondary N) is 2. The van der Waals surface area contributed by atoms with Crippen LogP contribution in [0.3, 0.4) is 0 Å². The molecule has 16 heavy (non-hydrogen) atoms. The minimum absolute atomic E-state index is 0.0648. The van der Waals surface area contributed by atoms with Crippen LogP contribution in [0.5, 0.6) is 0 Å². The lowest BCUT2D eigenvalue weighted by Crippen LogP contribution is -2.25. The van der Waals surface area contributed by atoms with Gasteiger partial charge in [-0.1, -0.05) is 0 Å². The van der Waals surface area contributed by atoms with Crippen LogP contribution < -0.4 is 10.9 Å². The van der Waals surface area contributed by atoms with Gasteiger partial charge in [-0.3, -0.25) is 14.6 Å². The van der Waals surface area contributed by atoms with Crippen LogP contribution in [0, 0.1) is 13.8 Å². The summed E-state index contributed by atoms with van der Waals surface area (Å²) in [6.45, 7) is 4.20. The molecule has 0 aromatic carbocycles. The summed E-state index contributed by atoms with van der Waals surface area (Å²) in [5.74, 6) is 0.731. The molecule has 6 nitrogen and oxygen atoms in total. The number of hydrogen-bond donors (Lipinski definition) is 2. The molecule has 0 atom stereocenters. The van der Waals surface area contributed by atoms with Crippen molar-refractivity contribution in [2.45, 2.75) is 20.3 Å². The maximum absolute atomic E-state index is 10.6. The van der Waals surface area contributed by atoms with Gasteiger partial charge in [-0.05, 0) is 13.8 Å². The largest absolute Gasteiger partial charge is 0.317 e. The molecule has 0 aliphatic carbocycles. The number of carbonyl (C=O) groups is 1. The fraction of sp³-hybridized carbons (Fsp3) is 0.400. The summed E-state index contributed by atoms with van der Waals surface area (Å²) >= 11 is 0. The normalized spacial score (nSPS) is 13.8. The number of aromatic amines is 1. The van der Waals surface area contributed by atoms with Gasteiger partial charge in [0.1, 0.15) is 5.82 Å². The molecule has 2 rings (SSSR count). The highest BCUT2D eigenvalue weighted by molar-refractivity contribution is 5.89. The Balaban J connectivity index is 0.000000165. The predicted molar refractivity (Wildman–Crippen MR) is 60.5 cm³/mol. The highest BCUT2D eigenvalue weighted by atomic mass is 16.1. The van der Waals surface area contributed by atoms with Gasteiger partial charge in [0.2, 0.25) is 5.91 Å². The van der Waals surface area contributed by atoms with E-state index in [-0.39, 0.29) is 11.5 Å². The number of aryl methyl sites for hydroxylation is 2. The molecule has 0 saturated carbocycles. The molecular weight excluding hydrogens is 208 g/mol. The molecule has 0 fully saturated rings. The van der Waals surface area contributed by atoms with Crippen LogP contribution in [-0.4, -0.2) is 28.8 Å². The van der Waals surface area contributed by atoms with Crippen molar-refractivity contribution in [1.82, 2.24) is 15.3 Å². The van der Waals surface area contributed by atoms with E-state index in [0.717, 1.165) is 5.69 Å². The Morgan fingerprint density at radius 2 is 2.06 bits per heavy atom.